The molecule has 1 aliphatic rings. The van der Waals surface area contributed by atoms with Crippen molar-refractivity contribution in [1.29, 1.82) is 0 Å². The SMILES string of the molecule is CC(C)(C)c1ccc(/C=C2\C(=O)NN=C2CS(=O)c2ccc(Cl)cc2)cc1. The van der Waals surface area contributed by atoms with Crippen LogP contribution >= 0.6 is 11.6 Å². The highest BCUT2D eigenvalue weighted by Gasteiger charge is 2.24. The first-order chi connectivity index (χ1) is 12.7. The van der Waals surface area contributed by atoms with Gasteiger partial charge in [-0.15, -0.1) is 0 Å². The third kappa shape index (κ3) is 4.73. The molecule has 3 rings (SSSR count). The Labute approximate surface area is 166 Å². The van der Waals surface area contributed by atoms with Gasteiger partial charge in [-0.1, -0.05) is 56.6 Å². The lowest BCUT2D eigenvalue weighted by Crippen LogP contribution is -2.16. The normalized spacial score (nSPS) is 17.0. The molecule has 1 amide bonds. The molecule has 27 heavy (non-hydrogen) atoms. The highest BCUT2D eigenvalue weighted by atomic mass is 35.5. The van der Waals surface area contributed by atoms with Crippen LogP contribution < -0.4 is 5.43 Å². The fourth-order valence-electron chi connectivity index (χ4n) is 2.67. The maximum atomic E-state index is 12.6. The van der Waals surface area contributed by atoms with Crippen LogP contribution in [0.15, 0.2) is 64.1 Å². The van der Waals surface area contributed by atoms with E-state index in [4.69, 9.17) is 11.6 Å². The smallest absolute Gasteiger partial charge is 0.267 e. The molecule has 140 valence electrons. The Morgan fingerprint density at radius 1 is 1.07 bits per heavy atom. The molecule has 1 atom stereocenters. The van der Waals surface area contributed by atoms with Crippen LogP contribution in [-0.4, -0.2) is 21.6 Å². The zero-order valence-electron chi connectivity index (χ0n) is 15.5. The maximum Gasteiger partial charge on any atom is 0.273 e. The van der Waals surface area contributed by atoms with E-state index in [1.807, 2.05) is 12.1 Å². The molecule has 0 saturated heterocycles. The summed E-state index contributed by atoms with van der Waals surface area (Å²) in [5, 5.41) is 4.65. The molecule has 2 aromatic carbocycles. The van der Waals surface area contributed by atoms with Crippen molar-refractivity contribution < 1.29 is 9.00 Å². The van der Waals surface area contributed by atoms with Gasteiger partial charge in [0.2, 0.25) is 0 Å². The predicted molar refractivity (Wildman–Crippen MR) is 111 cm³/mol. The summed E-state index contributed by atoms with van der Waals surface area (Å²) in [6, 6.07) is 14.9. The number of hydrogen-bond donors (Lipinski definition) is 1. The van der Waals surface area contributed by atoms with Crippen molar-refractivity contribution in [2.24, 2.45) is 5.10 Å². The molecule has 1 aliphatic heterocycles. The lowest BCUT2D eigenvalue weighted by Gasteiger charge is -2.18. The molecule has 1 heterocycles. The van der Waals surface area contributed by atoms with Crippen LogP contribution in [0.25, 0.3) is 6.08 Å². The minimum Gasteiger partial charge on any atom is -0.267 e. The fraction of sp³-hybridized carbons (Fsp3) is 0.238. The molecule has 0 radical (unpaired) electrons. The number of hydrazone groups is 1. The van der Waals surface area contributed by atoms with Crippen molar-refractivity contribution >= 4 is 40.1 Å². The van der Waals surface area contributed by atoms with Gasteiger partial charge in [0.15, 0.2) is 0 Å². The molecule has 0 aliphatic carbocycles. The topological polar surface area (TPSA) is 58.5 Å². The Hall–Kier alpha value is -2.24. The number of rotatable bonds is 4. The van der Waals surface area contributed by atoms with Gasteiger partial charge in [-0.05, 0) is 46.9 Å². The van der Waals surface area contributed by atoms with E-state index in [-0.39, 0.29) is 17.1 Å². The lowest BCUT2D eigenvalue weighted by molar-refractivity contribution is -0.116. The molecule has 1 unspecified atom stereocenters. The second-order valence-electron chi connectivity index (χ2n) is 7.37. The van der Waals surface area contributed by atoms with Crippen LogP contribution in [0, 0.1) is 0 Å². The molecule has 0 bridgehead atoms. The van der Waals surface area contributed by atoms with E-state index in [2.05, 4.69) is 43.4 Å². The average Bonchev–Trinajstić information content (AvgIpc) is 2.95. The number of carbonyl (C=O) groups excluding carboxylic acids is 1. The van der Waals surface area contributed by atoms with Crippen LogP contribution in [-0.2, 0) is 21.0 Å². The summed E-state index contributed by atoms with van der Waals surface area (Å²) in [5.74, 6) is -0.121. The zero-order valence-corrected chi connectivity index (χ0v) is 17.0. The first-order valence-corrected chi connectivity index (χ1v) is 10.3. The molecule has 1 N–H and O–H groups in total. The molecule has 0 spiro atoms. The van der Waals surface area contributed by atoms with Gasteiger partial charge in [0.05, 0.1) is 27.8 Å². The highest BCUT2D eigenvalue weighted by molar-refractivity contribution is 7.85. The van der Waals surface area contributed by atoms with Crippen molar-refractivity contribution in [3.05, 3.63) is 70.3 Å². The van der Waals surface area contributed by atoms with Crippen LogP contribution in [0.4, 0.5) is 0 Å². The van der Waals surface area contributed by atoms with E-state index in [1.165, 1.54) is 5.56 Å². The molecule has 0 aromatic heterocycles. The van der Waals surface area contributed by atoms with Gasteiger partial charge < -0.3 is 0 Å². The third-order valence-corrected chi connectivity index (χ3v) is 5.87. The van der Waals surface area contributed by atoms with E-state index in [1.54, 1.807) is 30.3 Å². The Morgan fingerprint density at radius 2 is 1.70 bits per heavy atom. The number of amides is 1. The summed E-state index contributed by atoms with van der Waals surface area (Å²) in [6.45, 7) is 6.46. The molecular formula is C21H21ClN2O2S. The van der Waals surface area contributed by atoms with Gasteiger partial charge in [-0.2, -0.15) is 5.10 Å². The maximum absolute atomic E-state index is 12.6. The van der Waals surface area contributed by atoms with Gasteiger partial charge in [0.25, 0.3) is 5.91 Å². The minimum atomic E-state index is -1.31. The molecule has 2 aromatic rings. The van der Waals surface area contributed by atoms with E-state index >= 15 is 0 Å². The molecule has 0 fully saturated rings. The van der Waals surface area contributed by atoms with E-state index in [0.29, 0.717) is 21.2 Å². The third-order valence-electron chi connectivity index (χ3n) is 4.28. The van der Waals surface area contributed by atoms with E-state index < -0.39 is 10.8 Å². The molecular weight excluding hydrogens is 380 g/mol. The summed E-state index contributed by atoms with van der Waals surface area (Å²) < 4.78 is 12.6. The van der Waals surface area contributed by atoms with Gasteiger partial charge in [0.1, 0.15) is 0 Å². The monoisotopic (exact) mass is 400 g/mol. The van der Waals surface area contributed by atoms with Crippen molar-refractivity contribution in [3.63, 3.8) is 0 Å². The number of nitrogens with zero attached hydrogens (tertiary/aromatic N) is 1. The second kappa shape index (κ2) is 7.79. The van der Waals surface area contributed by atoms with E-state index in [9.17, 15) is 9.00 Å². The Morgan fingerprint density at radius 3 is 2.30 bits per heavy atom. The van der Waals surface area contributed by atoms with Gasteiger partial charge in [0, 0.05) is 9.92 Å². The second-order valence-corrected chi connectivity index (χ2v) is 9.26. The van der Waals surface area contributed by atoms with Crippen LogP contribution in [0.5, 0.6) is 0 Å². The number of hydrogen-bond acceptors (Lipinski definition) is 3. The predicted octanol–water partition coefficient (Wildman–Crippen LogP) is 4.31. The van der Waals surface area contributed by atoms with Crippen LogP contribution in [0.3, 0.4) is 0 Å². The Bertz CT molecular complexity index is 940. The number of halogens is 1. The quantitative estimate of drug-likeness (QED) is 0.777. The fourth-order valence-corrected chi connectivity index (χ4v) is 3.87. The summed E-state index contributed by atoms with van der Waals surface area (Å²) >= 11 is 5.87. The standard InChI is InChI=1S/C21H21ClN2O2S/c1-21(2,3)15-6-4-14(5-7-15)12-18-19(23-24-20(18)25)13-27(26)17-10-8-16(22)9-11-17/h4-12H,13H2,1-3H3,(H,24,25)/b18-12-. The number of benzene rings is 2. The summed E-state index contributed by atoms with van der Waals surface area (Å²) in [6.07, 6.45) is 1.78. The number of nitrogens with one attached hydrogen (secondary N) is 1. The zero-order chi connectivity index (χ0) is 19.6. The van der Waals surface area contributed by atoms with Crippen LogP contribution in [0.2, 0.25) is 5.02 Å². The molecule has 0 saturated carbocycles. The Balaban J connectivity index is 1.80. The lowest BCUT2D eigenvalue weighted by atomic mass is 9.86. The summed E-state index contributed by atoms with van der Waals surface area (Å²) in [5.41, 5.74) is 5.60. The van der Waals surface area contributed by atoms with E-state index in [0.717, 1.165) is 5.56 Å². The minimum absolute atomic E-state index is 0.0680. The number of carbonyl (C=O) groups is 1. The summed E-state index contributed by atoms with van der Waals surface area (Å²) in [7, 11) is -1.31. The van der Waals surface area contributed by atoms with Crippen molar-refractivity contribution in [2.45, 2.75) is 31.1 Å². The largest absolute Gasteiger partial charge is 0.273 e. The van der Waals surface area contributed by atoms with Crippen molar-refractivity contribution in [3.8, 4) is 0 Å². The first-order valence-electron chi connectivity index (χ1n) is 8.57. The van der Waals surface area contributed by atoms with Gasteiger partial charge in [-0.25, -0.2) is 5.43 Å². The van der Waals surface area contributed by atoms with Crippen molar-refractivity contribution in [1.82, 2.24) is 5.43 Å². The van der Waals surface area contributed by atoms with Gasteiger partial charge in [-0.3, -0.25) is 9.00 Å². The molecule has 4 nitrogen and oxygen atoms in total. The summed E-state index contributed by atoms with van der Waals surface area (Å²) in [4.78, 5) is 12.8. The molecule has 6 heteroatoms. The van der Waals surface area contributed by atoms with Crippen LogP contribution in [0.1, 0.15) is 31.9 Å². The highest BCUT2D eigenvalue weighted by Crippen LogP contribution is 2.23. The Kier molecular flexibility index (Phi) is 5.63. The van der Waals surface area contributed by atoms with Gasteiger partial charge >= 0.3 is 0 Å². The van der Waals surface area contributed by atoms with Crippen molar-refractivity contribution in [2.75, 3.05) is 5.75 Å². The first kappa shape index (κ1) is 19.5. The average molecular weight is 401 g/mol.